The predicted molar refractivity (Wildman–Crippen MR) is 73.7 cm³/mol. The van der Waals surface area contributed by atoms with Crippen LogP contribution in [0.5, 0.6) is 0 Å². The van der Waals surface area contributed by atoms with Gasteiger partial charge in [-0.25, -0.2) is 10.2 Å². The summed E-state index contributed by atoms with van der Waals surface area (Å²) in [4.78, 5) is 23.0. The lowest BCUT2D eigenvalue weighted by Crippen LogP contribution is -2.41. The van der Waals surface area contributed by atoms with Gasteiger partial charge in [-0.2, -0.15) is 0 Å². The Morgan fingerprint density at radius 3 is 2.10 bits per heavy atom. The molecule has 20 heavy (non-hydrogen) atoms. The summed E-state index contributed by atoms with van der Waals surface area (Å²) < 4.78 is 4.95. The first-order valence-corrected chi connectivity index (χ1v) is 6.08. The summed E-state index contributed by atoms with van der Waals surface area (Å²) in [6.07, 6.45) is -0.710. The van der Waals surface area contributed by atoms with E-state index < -0.39 is 12.0 Å². The van der Waals surface area contributed by atoms with E-state index in [-0.39, 0.29) is 6.61 Å². The van der Waals surface area contributed by atoms with Crippen LogP contribution < -0.4 is 10.9 Å². The molecule has 0 bridgehead atoms. The second kappa shape index (κ2) is 6.94. The van der Waals surface area contributed by atoms with Crippen molar-refractivity contribution in [1.29, 1.82) is 0 Å². The molecule has 5 nitrogen and oxygen atoms in total. The Bertz CT molecular complexity index is 570. The zero-order valence-electron chi connectivity index (χ0n) is 10.7. The zero-order valence-corrected chi connectivity index (χ0v) is 10.7. The summed E-state index contributed by atoms with van der Waals surface area (Å²) in [5.41, 5.74) is 5.79. The molecule has 0 spiro atoms. The Labute approximate surface area is 116 Å². The van der Waals surface area contributed by atoms with Gasteiger partial charge in [0.15, 0.2) is 0 Å². The van der Waals surface area contributed by atoms with Gasteiger partial charge in [-0.05, 0) is 17.7 Å². The van der Waals surface area contributed by atoms with E-state index in [0.29, 0.717) is 5.56 Å². The molecule has 2 amide bonds. The van der Waals surface area contributed by atoms with Crippen molar-refractivity contribution < 1.29 is 14.3 Å². The first-order chi connectivity index (χ1) is 9.75. The van der Waals surface area contributed by atoms with Crippen LogP contribution in [0.15, 0.2) is 60.7 Å². The van der Waals surface area contributed by atoms with Crippen LogP contribution in [0.4, 0.5) is 4.79 Å². The van der Waals surface area contributed by atoms with Crippen LogP contribution >= 0.6 is 0 Å². The number of nitrogens with one attached hydrogen (secondary N) is 2. The third-order valence-electron chi connectivity index (χ3n) is 2.53. The van der Waals surface area contributed by atoms with Crippen molar-refractivity contribution >= 4 is 12.0 Å². The van der Waals surface area contributed by atoms with Crippen molar-refractivity contribution in [1.82, 2.24) is 10.9 Å². The van der Waals surface area contributed by atoms with E-state index >= 15 is 0 Å². The molecule has 0 heterocycles. The summed E-state index contributed by atoms with van der Waals surface area (Å²) in [6, 6.07) is 17.8. The largest absolute Gasteiger partial charge is 0.443 e. The number of carbonyl (C=O) groups excluding carboxylic acids is 2. The minimum Gasteiger partial charge on any atom is -0.443 e. The van der Waals surface area contributed by atoms with Gasteiger partial charge in [-0.3, -0.25) is 10.2 Å². The van der Waals surface area contributed by atoms with Crippen molar-refractivity contribution in [3.63, 3.8) is 0 Å². The molecule has 2 aromatic carbocycles. The summed E-state index contributed by atoms with van der Waals surface area (Å²) in [6.45, 7) is 0.147. The van der Waals surface area contributed by atoms with E-state index in [2.05, 4.69) is 10.9 Å². The molecule has 0 atom stereocenters. The van der Waals surface area contributed by atoms with Gasteiger partial charge in [0.2, 0.25) is 0 Å². The first-order valence-electron chi connectivity index (χ1n) is 6.08. The van der Waals surface area contributed by atoms with Gasteiger partial charge in [0.1, 0.15) is 6.61 Å². The number of rotatable bonds is 3. The maximum absolute atomic E-state index is 11.6. The fraction of sp³-hybridized carbons (Fsp3) is 0.0667. The Balaban J connectivity index is 1.74. The first kappa shape index (κ1) is 13.6. The monoisotopic (exact) mass is 270 g/mol. The van der Waals surface area contributed by atoms with E-state index in [1.54, 1.807) is 30.3 Å². The van der Waals surface area contributed by atoms with Gasteiger partial charge in [0.05, 0.1) is 0 Å². The Morgan fingerprint density at radius 1 is 0.850 bits per heavy atom. The highest BCUT2D eigenvalue weighted by Gasteiger charge is 2.07. The highest BCUT2D eigenvalue weighted by Crippen LogP contribution is 2.00. The lowest BCUT2D eigenvalue weighted by Gasteiger charge is -2.08. The van der Waals surface area contributed by atoms with E-state index in [4.69, 9.17) is 4.74 Å². The lowest BCUT2D eigenvalue weighted by molar-refractivity contribution is 0.0905. The fourth-order valence-electron chi connectivity index (χ4n) is 1.53. The molecular formula is C15H14N2O3. The maximum atomic E-state index is 11.6. The van der Waals surface area contributed by atoms with E-state index in [1.807, 2.05) is 30.3 Å². The van der Waals surface area contributed by atoms with Crippen LogP contribution in [-0.4, -0.2) is 12.0 Å². The zero-order chi connectivity index (χ0) is 14.2. The third kappa shape index (κ3) is 4.13. The molecule has 5 heteroatoms. The molecule has 2 aromatic rings. The fourth-order valence-corrected chi connectivity index (χ4v) is 1.53. The molecule has 0 aliphatic heterocycles. The molecule has 0 fully saturated rings. The summed E-state index contributed by atoms with van der Waals surface area (Å²) in [7, 11) is 0. The average Bonchev–Trinajstić information content (AvgIpc) is 2.52. The Kier molecular flexibility index (Phi) is 4.72. The molecule has 102 valence electrons. The van der Waals surface area contributed by atoms with Gasteiger partial charge in [-0.15, -0.1) is 0 Å². The molecular weight excluding hydrogens is 256 g/mol. The third-order valence-corrected chi connectivity index (χ3v) is 2.53. The second-order valence-electron chi connectivity index (χ2n) is 4.01. The number of hydrazine groups is 1. The predicted octanol–water partition coefficient (Wildman–Crippen LogP) is 2.26. The maximum Gasteiger partial charge on any atom is 0.426 e. The van der Waals surface area contributed by atoms with Crippen LogP contribution in [0.2, 0.25) is 0 Å². The Hall–Kier alpha value is -2.82. The summed E-state index contributed by atoms with van der Waals surface area (Å²) in [5, 5.41) is 0. The molecule has 0 aromatic heterocycles. The standard InChI is InChI=1S/C15H14N2O3/c18-14(13-9-5-2-6-10-13)16-17-15(19)20-11-12-7-3-1-4-8-12/h1-10H,11H2,(H,16,18)(H,17,19). The van der Waals surface area contributed by atoms with Gasteiger partial charge < -0.3 is 4.74 Å². The second-order valence-corrected chi connectivity index (χ2v) is 4.01. The number of ether oxygens (including phenoxy) is 1. The lowest BCUT2D eigenvalue weighted by atomic mass is 10.2. The van der Waals surface area contributed by atoms with Gasteiger partial charge in [-0.1, -0.05) is 48.5 Å². The van der Waals surface area contributed by atoms with Crippen LogP contribution in [0, 0.1) is 0 Å². The van der Waals surface area contributed by atoms with Crippen molar-refractivity contribution in [2.24, 2.45) is 0 Å². The molecule has 0 aliphatic rings. The van der Waals surface area contributed by atoms with Crippen molar-refractivity contribution in [3.8, 4) is 0 Å². The Morgan fingerprint density at radius 2 is 1.45 bits per heavy atom. The average molecular weight is 270 g/mol. The van der Waals surface area contributed by atoms with Gasteiger partial charge in [0.25, 0.3) is 5.91 Å². The quantitative estimate of drug-likeness (QED) is 0.841. The molecule has 0 unspecified atom stereocenters. The van der Waals surface area contributed by atoms with E-state index in [1.165, 1.54) is 0 Å². The SMILES string of the molecule is O=C(NNC(=O)c1ccccc1)OCc1ccccc1. The van der Waals surface area contributed by atoms with Crippen LogP contribution in [0.3, 0.4) is 0 Å². The van der Waals surface area contributed by atoms with Crippen LogP contribution in [0.25, 0.3) is 0 Å². The molecule has 0 radical (unpaired) electrons. The molecule has 2 N–H and O–H groups in total. The van der Waals surface area contributed by atoms with Gasteiger partial charge in [0, 0.05) is 5.56 Å². The van der Waals surface area contributed by atoms with E-state index in [9.17, 15) is 9.59 Å². The highest BCUT2D eigenvalue weighted by molar-refractivity contribution is 5.94. The van der Waals surface area contributed by atoms with Crippen molar-refractivity contribution in [2.45, 2.75) is 6.61 Å². The normalized spacial score (nSPS) is 9.60. The van der Waals surface area contributed by atoms with Gasteiger partial charge >= 0.3 is 6.09 Å². The number of carbonyl (C=O) groups is 2. The van der Waals surface area contributed by atoms with Crippen molar-refractivity contribution in [2.75, 3.05) is 0 Å². The molecule has 0 saturated carbocycles. The topological polar surface area (TPSA) is 67.4 Å². The smallest absolute Gasteiger partial charge is 0.426 e. The van der Waals surface area contributed by atoms with Crippen molar-refractivity contribution in [3.05, 3.63) is 71.8 Å². The molecule has 0 aliphatic carbocycles. The van der Waals surface area contributed by atoms with E-state index in [0.717, 1.165) is 5.56 Å². The van der Waals surface area contributed by atoms with Crippen LogP contribution in [-0.2, 0) is 11.3 Å². The molecule has 2 rings (SSSR count). The summed E-state index contributed by atoms with van der Waals surface area (Å²) in [5.74, 6) is -0.401. The minimum absolute atomic E-state index is 0.147. The number of amides is 2. The summed E-state index contributed by atoms with van der Waals surface area (Å²) >= 11 is 0. The number of benzene rings is 2. The molecule has 0 saturated heterocycles. The van der Waals surface area contributed by atoms with Crippen LogP contribution in [0.1, 0.15) is 15.9 Å². The highest BCUT2D eigenvalue weighted by atomic mass is 16.6. The number of hydrogen-bond donors (Lipinski definition) is 2. The number of hydrogen-bond acceptors (Lipinski definition) is 3. The minimum atomic E-state index is -0.710.